The van der Waals surface area contributed by atoms with Crippen molar-refractivity contribution >= 4 is 41.3 Å². The summed E-state index contributed by atoms with van der Waals surface area (Å²) in [5.74, 6) is 1.21. The van der Waals surface area contributed by atoms with E-state index >= 15 is 0 Å². The summed E-state index contributed by atoms with van der Waals surface area (Å²) in [7, 11) is 0. The topological polar surface area (TPSA) is 82.7 Å². The third-order valence-electron chi connectivity index (χ3n) is 3.34. The summed E-state index contributed by atoms with van der Waals surface area (Å²) in [6, 6.07) is 3.50. The minimum Gasteiger partial charge on any atom is -0.467 e. The predicted molar refractivity (Wildman–Crippen MR) is 108 cm³/mol. The number of aromatic nitrogens is 1. The summed E-state index contributed by atoms with van der Waals surface area (Å²) < 4.78 is 5.17. The van der Waals surface area contributed by atoms with Crippen LogP contribution in [0.3, 0.4) is 0 Å². The van der Waals surface area contributed by atoms with Crippen molar-refractivity contribution in [2.75, 3.05) is 19.6 Å². The molecular weight excluding hydrogens is 439 g/mol. The minimum atomic E-state index is -0.732. The van der Waals surface area contributed by atoms with Crippen LogP contribution in [0, 0.1) is 13.8 Å². The van der Waals surface area contributed by atoms with E-state index in [4.69, 9.17) is 4.42 Å². The first-order valence-corrected chi connectivity index (χ1v) is 8.58. The Bertz CT molecular complexity index is 609. The number of aliphatic hydroxyl groups excluding tert-OH is 1. The van der Waals surface area contributed by atoms with Crippen LogP contribution >= 0.6 is 35.3 Å². The molecule has 3 N–H and O–H groups in total. The Hall–Kier alpha value is -1.13. The molecule has 2 rings (SSSR count). The van der Waals surface area contributed by atoms with E-state index in [0.29, 0.717) is 11.7 Å². The first-order valence-electron chi connectivity index (χ1n) is 7.76. The fourth-order valence-corrected chi connectivity index (χ4v) is 2.96. The molecule has 2 heterocycles. The molecular formula is C16H25IN4O2S. The maximum absolute atomic E-state index is 10.00. The zero-order valence-corrected chi connectivity index (χ0v) is 17.4. The number of nitrogens with one attached hydrogen (secondary N) is 2. The van der Waals surface area contributed by atoms with Gasteiger partial charge < -0.3 is 20.2 Å². The average Bonchev–Trinajstić information content (AvgIpc) is 3.15. The average molecular weight is 464 g/mol. The van der Waals surface area contributed by atoms with Crippen LogP contribution in [0.4, 0.5) is 0 Å². The monoisotopic (exact) mass is 464 g/mol. The lowest BCUT2D eigenvalue weighted by molar-refractivity contribution is 0.158. The second kappa shape index (κ2) is 10.7. The Labute approximate surface area is 163 Å². The Morgan fingerprint density at radius 1 is 1.42 bits per heavy atom. The number of aliphatic hydroxyl groups is 1. The molecule has 0 radical (unpaired) electrons. The lowest BCUT2D eigenvalue weighted by Gasteiger charge is -2.11. The summed E-state index contributed by atoms with van der Waals surface area (Å²) in [6.45, 7) is 7.88. The molecule has 0 aliphatic rings. The Morgan fingerprint density at radius 2 is 2.21 bits per heavy atom. The summed E-state index contributed by atoms with van der Waals surface area (Å²) in [5, 5.41) is 17.6. The van der Waals surface area contributed by atoms with E-state index in [1.54, 1.807) is 29.7 Å². The number of hydrogen-bond acceptors (Lipinski definition) is 5. The van der Waals surface area contributed by atoms with Gasteiger partial charge in [-0.05, 0) is 32.9 Å². The maximum atomic E-state index is 10.00. The largest absolute Gasteiger partial charge is 0.467 e. The van der Waals surface area contributed by atoms with E-state index in [2.05, 4.69) is 27.5 Å². The molecule has 134 valence electrons. The van der Waals surface area contributed by atoms with E-state index in [1.165, 1.54) is 4.88 Å². The molecule has 0 saturated carbocycles. The lowest BCUT2D eigenvalue weighted by atomic mass is 10.3. The van der Waals surface area contributed by atoms with Gasteiger partial charge in [0.2, 0.25) is 0 Å². The van der Waals surface area contributed by atoms with Crippen LogP contribution < -0.4 is 10.6 Å². The molecule has 1 unspecified atom stereocenters. The molecule has 0 aliphatic heterocycles. The summed E-state index contributed by atoms with van der Waals surface area (Å²) in [4.78, 5) is 10.2. The number of furan rings is 1. The van der Waals surface area contributed by atoms with Crippen LogP contribution in [-0.2, 0) is 6.42 Å². The number of guanidine groups is 1. The van der Waals surface area contributed by atoms with Crippen molar-refractivity contribution in [1.82, 2.24) is 15.6 Å². The molecule has 0 fully saturated rings. The number of aryl methyl sites for hydroxylation is 2. The van der Waals surface area contributed by atoms with Crippen molar-refractivity contribution in [3.8, 4) is 0 Å². The van der Waals surface area contributed by atoms with Crippen molar-refractivity contribution in [2.24, 2.45) is 4.99 Å². The fraction of sp³-hybridized carbons (Fsp3) is 0.500. The van der Waals surface area contributed by atoms with Crippen LogP contribution in [-0.4, -0.2) is 35.7 Å². The number of aliphatic imine (C=N–C) groups is 1. The van der Waals surface area contributed by atoms with Crippen molar-refractivity contribution in [1.29, 1.82) is 0 Å². The number of nitrogens with zero attached hydrogens (tertiary/aromatic N) is 2. The standard InChI is InChI=1S/C16H24N4O2S.HI/c1-4-17-16(19-10-13(21)14-6-5-9-22-14)18-8-7-15-20-11(2)12(3)23-15;/h5-6,9,13,21H,4,7-8,10H2,1-3H3,(H2,17,18,19);1H. The van der Waals surface area contributed by atoms with Crippen LogP contribution in [0.5, 0.6) is 0 Å². The van der Waals surface area contributed by atoms with Gasteiger partial charge in [-0.1, -0.05) is 0 Å². The van der Waals surface area contributed by atoms with Crippen LogP contribution in [0.2, 0.25) is 0 Å². The van der Waals surface area contributed by atoms with Crippen LogP contribution in [0.25, 0.3) is 0 Å². The third-order valence-corrected chi connectivity index (χ3v) is 4.47. The highest BCUT2D eigenvalue weighted by Gasteiger charge is 2.10. The third kappa shape index (κ3) is 6.40. The molecule has 0 spiro atoms. The molecule has 0 aliphatic carbocycles. The van der Waals surface area contributed by atoms with E-state index in [0.717, 1.165) is 30.2 Å². The second-order valence-corrected chi connectivity index (χ2v) is 6.46. The Morgan fingerprint density at radius 3 is 2.79 bits per heavy atom. The van der Waals surface area contributed by atoms with Gasteiger partial charge in [-0.2, -0.15) is 0 Å². The fourth-order valence-electron chi connectivity index (χ4n) is 2.02. The van der Waals surface area contributed by atoms with Gasteiger partial charge in [-0.25, -0.2) is 4.98 Å². The molecule has 24 heavy (non-hydrogen) atoms. The predicted octanol–water partition coefficient (Wildman–Crippen LogP) is 2.80. The molecule has 2 aromatic heterocycles. The van der Waals surface area contributed by atoms with Gasteiger partial charge in [0.1, 0.15) is 11.9 Å². The second-order valence-electron chi connectivity index (χ2n) is 5.18. The normalized spacial score (nSPS) is 12.6. The Balaban J connectivity index is 0.00000288. The summed E-state index contributed by atoms with van der Waals surface area (Å²) >= 11 is 1.73. The van der Waals surface area contributed by atoms with Crippen molar-refractivity contribution in [2.45, 2.75) is 33.3 Å². The smallest absolute Gasteiger partial charge is 0.191 e. The van der Waals surface area contributed by atoms with Crippen molar-refractivity contribution < 1.29 is 9.52 Å². The van der Waals surface area contributed by atoms with Gasteiger partial charge in [0.05, 0.1) is 23.5 Å². The van der Waals surface area contributed by atoms with E-state index in [9.17, 15) is 5.11 Å². The number of thiazole rings is 1. The van der Waals surface area contributed by atoms with Gasteiger partial charge in [-0.15, -0.1) is 35.3 Å². The molecule has 6 nitrogen and oxygen atoms in total. The number of hydrogen-bond donors (Lipinski definition) is 3. The van der Waals surface area contributed by atoms with Gasteiger partial charge in [0.15, 0.2) is 5.96 Å². The minimum absolute atomic E-state index is 0. The van der Waals surface area contributed by atoms with Gasteiger partial charge in [0.25, 0.3) is 0 Å². The lowest BCUT2D eigenvalue weighted by Crippen LogP contribution is -2.38. The van der Waals surface area contributed by atoms with Crippen molar-refractivity contribution in [3.63, 3.8) is 0 Å². The number of rotatable bonds is 7. The first-order chi connectivity index (χ1) is 11.1. The molecule has 0 bridgehead atoms. The molecule has 8 heteroatoms. The highest BCUT2D eigenvalue weighted by Crippen LogP contribution is 2.16. The van der Waals surface area contributed by atoms with Crippen LogP contribution in [0.15, 0.2) is 27.8 Å². The van der Waals surface area contributed by atoms with Crippen molar-refractivity contribution in [3.05, 3.63) is 39.7 Å². The molecule has 0 saturated heterocycles. The van der Waals surface area contributed by atoms with Gasteiger partial charge in [0, 0.05) is 24.4 Å². The molecule has 2 aromatic rings. The highest BCUT2D eigenvalue weighted by atomic mass is 127. The highest BCUT2D eigenvalue weighted by molar-refractivity contribution is 14.0. The van der Waals surface area contributed by atoms with Crippen LogP contribution in [0.1, 0.15) is 34.4 Å². The van der Waals surface area contributed by atoms with Gasteiger partial charge >= 0.3 is 0 Å². The molecule has 1 atom stereocenters. The maximum Gasteiger partial charge on any atom is 0.191 e. The van der Waals surface area contributed by atoms with Gasteiger partial charge in [-0.3, -0.25) is 4.99 Å². The zero-order valence-electron chi connectivity index (χ0n) is 14.2. The molecule has 0 aromatic carbocycles. The van der Waals surface area contributed by atoms with E-state index < -0.39 is 6.10 Å². The van der Waals surface area contributed by atoms with E-state index in [1.807, 2.05) is 13.8 Å². The SMILES string of the molecule is CCNC(=NCC(O)c1ccco1)NCCc1nc(C)c(C)s1.I. The van der Waals surface area contributed by atoms with E-state index in [-0.39, 0.29) is 30.5 Å². The zero-order chi connectivity index (χ0) is 16.7. The quantitative estimate of drug-likeness (QED) is 0.334. The summed E-state index contributed by atoms with van der Waals surface area (Å²) in [5.41, 5.74) is 1.10. The number of halogens is 1. The summed E-state index contributed by atoms with van der Waals surface area (Å²) in [6.07, 6.45) is 1.67. The Kier molecular flexibility index (Phi) is 9.30. The first kappa shape index (κ1) is 20.9. The molecule has 0 amide bonds.